The van der Waals surface area contributed by atoms with Gasteiger partial charge in [0, 0.05) is 6.54 Å². The first-order chi connectivity index (χ1) is 7.81. The number of nitrogens with one attached hydrogen (secondary N) is 1. The highest BCUT2D eigenvalue weighted by molar-refractivity contribution is 7.80. The van der Waals surface area contributed by atoms with Crippen LogP contribution in [0, 0.1) is 0 Å². The fraction of sp³-hybridized carbons (Fsp3) is 0.923. The summed E-state index contributed by atoms with van der Waals surface area (Å²) in [6.45, 7) is 6.10. The highest BCUT2D eigenvalue weighted by atomic mass is 32.1. The lowest BCUT2D eigenvalue weighted by molar-refractivity contribution is 0.290. The van der Waals surface area contributed by atoms with Crippen molar-refractivity contribution in [2.24, 2.45) is 0 Å². The van der Waals surface area contributed by atoms with Crippen molar-refractivity contribution in [3.8, 4) is 0 Å². The minimum Gasteiger partial charge on any atom is -0.471 e. The van der Waals surface area contributed by atoms with Crippen molar-refractivity contribution < 1.29 is 4.74 Å². The molecule has 0 bridgehead atoms. The molecule has 0 aliphatic rings. The lowest BCUT2D eigenvalue weighted by Gasteiger charge is -2.08. The number of hydrogen-bond acceptors (Lipinski definition) is 2. The van der Waals surface area contributed by atoms with Gasteiger partial charge in [-0.1, -0.05) is 52.4 Å². The molecule has 16 heavy (non-hydrogen) atoms. The maximum absolute atomic E-state index is 5.35. The fourth-order valence-electron chi connectivity index (χ4n) is 1.46. The normalized spacial score (nSPS) is 10.1. The molecule has 0 saturated carbocycles. The summed E-state index contributed by atoms with van der Waals surface area (Å²) in [5, 5.41) is 3.71. The Morgan fingerprint density at radius 1 is 0.938 bits per heavy atom. The quantitative estimate of drug-likeness (QED) is 0.463. The molecule has 0 saturated heterocycles. The molecular weight excluding hydrogens is 218 g/mol. The third-order valence-electron chi connectivity index (χ3n) is 2.53. The zero-order valence-corrected chi connectivity index (χ0v) is 11.7. The van der Waals surface area contributed by atoms with E-state index in [4.69, 9.17) is 17.0 Å². The van der Waals surface area contributed by atoms with Crippen LogP contribution in [0.4, 0.5) is 0 Å². The third-order valence-corrected chi connectivity index (χ3v) is 2.79. The SMILES string of the molecule is CCCCCCCCNC(=S)OCCCC. The predicted octanol–water partition coefficient (Wildman–Crippen LogP) is 4.04. The molecule has 0 unspecified atom stereocenters. The van der Waals surface area contributed by atoms with Crippen molar-refractivity contribution in [2.45, 2.75) is 65.2 Å². The van der Waals surface area contributed by atoms with E-state index < -0.39 is 0 Å². The van der Waals surface area contributed by atoms with Crippen LogP contribution in [0.25, 0.3) is 0 Å². The molecule has 0 spiro atoms. The maximum Gasteiger partial charge on any atom is 0.256 e. The van der Waals surface area contributed by atoms with E-state index in [1.165, 1.54) is 38.5 Å². The monoisotopic (exact) mass is 245 g/mol. The van der Waals surface area contributed by atoms with E-state index in [0.717, 1.165) is 26.0 Å². The molecule has 0 atom stereocenters. The second kappa shape index (κ2) is 12.8. The van der Waals surface area contributed by atoms with Gasteiger partial charge in [0.25, 0.3) is 5.17 Å². The summed E-state index contributed by atoms with van der Waals surface area (Å²) in [5.41, 5.74) is 0. The maximum atomic E-state index is 5.35. The zero-order chi connectivity index (χ0) is 12.1. The summed E-state index contributed by atoms with van der Waals surface area (Å²) < 4.78 is 5.35. The van der Waals surface area contributed by atoms with Gasteiger partial charge in [-0.05, 0) is 25.1 Å². The van der Waals surface area contributed by atoms with E-state index in [-0.39, 0.29) is 0 Å². The lowest BCUT2D eigenvalue weighted by Crippen LogP contribution is -2.25. The molecule has 1 N–H and O–H groups in total. The Morgan fingerprint density at radius 3 is 2.25 bits per heavy atom. The second-order valence-electron chi connectivity index (χ2n) is 4.18. The van der Waals surface area contributed by atoms with E-state index >= 15 is 0 Å². The Balaban J connectivity index is 3.09. The number of unbranched alkanes of at least 4 members (excludes halogenated alkanes) is 6. The van der Waals surface area contributed by atoms with Gasteiger partial charge in [-0.3, -0.25) is 0 Å². The molecule has 0 aliphatic carbocycles. The van der Waals surface area contributed by atoms with Gasteiger partial charge >= 0.3 is 0 Å². The number of hydrogen-bond donors (Lipinski definition) is 1. The van der Waals surface area contributed by atoms with E-state index in [2.05, 4.69) is 19.2 Å². The molecule has 0 rings (SSSR count). The summed E-state index contributed by atoms with van der Waals surface area (Å²) in [6, 6.07) is 0. The molecule has 0 amide bonds. The van der Waals surface area contributed by atoms with Crippen LogP contribution >= 0.6 is 12.2 Å². The fourth-order valence-corrected chi connectivity index (χ4v) is 1.64. The van der Waals surface area contributed by atoms with Crippen molar-refractivity contribution in [3.63, 3.8) is 0 Å². The van der Waals surface area contributed by atoms with Crippen LogP contribution in [0.2, 0.25) is 0 Å². The van der Waals surface area contributed by atoms with Crippen LogP contribution in [0.15, 0.2) is 0 Å². The molecule has 0 aromatic rings. The van der Waals surface area contributed by atoms with Crippen LogP contribution < -0.4 is 5.32 Å². The van der Waals surface area contributed by atoms with E-state index in [0.29, 0.717) is 5.17 Å². The van der Waals surface area contributed by atoms with Gasteiger partial charge in [0.15, 0.2) is 0 Å². The molecule has 2 nitrogen and oxygen atoms in total. The summed E-state index contributed by atoms with van der Waals surface area (Å²) in [5.74, 6) is 0. The largest absolute Gasteiger partial charge is 0.471 e. The van der Waals surface area contributed by atoms with E-state index in [1.807, 2.05) is 0 Å². The van der Waals surface area contributed by atoms with E-state index in [1.54, 1.807) is 0 Å². The molecule has 0 radical (unpaired) electrons. The van der Waals surface area contributed by atoms with Crippen LogP contribution in [0.3, 0.4) is 0 Å². The van der Waals surface area contributed by atoms with Crippen LogP contribution in [-0.4, -0.2) is 18.3 Å². The number of thiocarbonyl (C=S) groups is 1. The highest BCUT2D eigenvalue weighted by Crippen LogP contribution is 2.04. The molecule has 0 fully saturated rings. The Labute approximate surface area is 106 Å². The topological polar surface area (TPSA) is 21.3 Å². The van der Waals surface area contributed by atoms with Gasteiger partial charge in [-0.2, -0.15) is 0 Å². The van der Waals surface area contributed by atoms with E-state index in [9.17, 15) is 0 Å². The first-order valence-electron chi connectivity index (χ1n) is 6.71. The molecular formula is C13H27NOS. The molecule has 0 aliphatic heterocycles. The summed E-state index contributed by atoms with van der Waals surface area (Å²) in [7, 11) is 0. The highest BCUT2D eigenvalue weighted by Gasteiger charge is 1.95. The van der Waals surface area contributed by atoms with Crippen molar-refractivity contribution in [1.82, 2.24) is 5.32 Å². The molecule has 0 aromatic carbocycles. The molecule has 0 aromatic heterocycles. The Kier molecular flexibility index (Phi) is 12.5. The Morgan fingerprint density at radius 2 is 1.56 bits per heavy atom. The van der Waals surface area contributed by atoms with Crippen LogP contribution in [0.5, 0.6) is 0 Å². The molecule has 96 valence electrons. The third kappa shape index (κ3) is 11.8. The first kappa shape index (κ1) is 15.7. The summed E-state index contributed by atoms with van der Waals surface area (Å²) >= 11 is 5.05. The second-order valence-corrected chi connectivity index (χ2v) is 4.55. The Bertz CT molecular complexity index is 162. The van der Waals surface area contributed by atoms with Crippen LogP contribution in [-0.2, 0) is 4.74 Å². The summed E-state index contributed by atoms with van der Waals surface area (Å²) in [4.78, 5) is 0. The number of ether oxygens (including phenoxy) is 1. The first-order valence-corrected chi connectivity index (χ1v) is 7.12. The van der Waals surface area contributed by atoms with Gasteiger partial charge in [-0.15, -0.1) is 0 Å². The lowest BCUT2D eigenvalue weighted by atomic mass is 10.1. The van der Waals surface area contributed by atoms with Gasteiger partial charge in [0.05, 0.1) is 6.61 Å². The van der Waals surface area contributed by atoms with Gasteiger partial charge in [0.2, 0.25) is 0 Å². The van der Waals surface area contributed by atoms with Crippen LogP contribution in [0.1, 0.15) is 65.2 Å². The zero-order valence-electron chi connectivity index (χ0n) is 10.9. The van der Waals surface area contributed by atoms with Gasteiger partial charge in [-0.25, -0.2) is 0 Å². The minimum absolute atomic E-state index is 0.571. The van der Waals surface area contributed by atoms with Crippen molar-refractivity contribution in [1.29, 1.82) is 0 Å². The smallest absolute Gasteiger partial charge is 0.256 e. The van der Waals surface area contributed by atoms with Gasteiger partial charge < -0.3 is 10.1 Å². The molecule has 3 heteroatoms. The number of rotatable bonds is 10. The average Bonchev–Trinajstić information content (AvgIpc) is 2.28. The van der Waals surface area contributed by atoms with Crippen molar-refractivity contribution in [2.75, 3.05) is 13.2 Å². The predicted molar refractivity (Wildman–Crippen MR) is 74.8 cm³/mol. The van der Waals surface area contributed by atoms with Gasteiger partial charge in [0.1, 0.15) is 0 Å². The standard InChI is InChI=1S/C13H27NOS/c1-3-5-7-8-9-10-11-14-13(16)15-12-6-4-2/h3-12H2,1-2H3,(H,14,16). The Hall–Kier alpha value is -0.310. The average molecular weight is 245 g/mol. The molecule has 0 heterocycles. The van der Waals surface area contributed by atoms with Crippen molar-refractivity contribution >= 4 is 17.4 Å². The van der Waals surface area contributed by atoms with Crippen molar-refractivity contribution in [3.05, 3.63) is 0 Å². The minimum atomic E-state index is 0.571. The summed E-state index contributed by atoms with van der Waals surface area (Å²) in [6.07, 6.45) is 10.1.